The Morgan fingerprint density at radius 2 is 2.27 bits per heavy atom. The summed E-state index contributed by atoms with van der Waals surface area (Å²) in [5, 5.41) is 8.07. The van der Waals surface area contributed by atoms with Gasteiger partial charge in [-0.05, 0) is 41.4 Å². The number of hydrogen-bond acceptors (Lipinski definition) is 3. The molecule has 0 fully saturated rings. The molecule has 2 heterocycles. The summed E-state index contributed by atoms with van der Waals surface area (Å²) >= 11 is 7.48. The molecule has 0 amide bonds. The van der Waals surface area contributed by atoms with Crippen LogP contribution in [0.2, 0.25) is 5.15 Å². The number of nitrogens with one attached hydrogen (secondary N) is 1. The lowest BCUT2D eigenvalue weighted by atomic mass is 10.3. The molecular weight excluding hydrogens is 228 g/mol. The molecule has 78 valence electrons. The Bertz CT molecular complexity index is 440. The third kappa shape index (κ3) is 2.70. The third-order valence-electron chi connectivity index (χ3n) is 2.11. The maximum absolute atomic E-state index is 5.78. The predicted molar refractivity (Wildman–Crippen MR) is 65.6 cm³/mol. The van der Waals surface area contributed by atoms with E-state index in [1.165, 1.54) is 5.56 Å². The fourth-order valence-electron chi connectivity index (χ4n) is 1.31. The molecule has 2 rings (SSSR count). The van der Waals surface area contributed by atoms with Gasteiger partial charge in [0, 0.05) is 6.54 Å². The number of hydrogen-bond donors (Lipinski definition) is 1. The Hall–Kier alpha value is -1.06. The number of halogens is 1. The second-order valence-electron chi connectivity index (χ2n) is 3.25. The first kappa shape index (κ1) is 10.5. The standard InChI is InChI=1S/C11H11ClN2S/c1-8-10(2-3-11(12)14-8)13-6-9-4-5-15-7-9/h2-5,7,13H,6H2,1H3. The minimum Gasteiger partial charge on any atom is -0.379 e. The van der Waals surface area contributed by atoms with Crippen LogP contribution in [0.4, 0.5) is 5.69 Å². The first-order valence-corrected chi connectivity index (χ1v) is 5.96. The van der Waals surface area contributed by atoms with Crippen LogP contribution in [0.5, 0.6) is 0 Å². The third-order valence-corrected chi connectivity index (χ3v) is 3.06. The van der Waals surface area contributed by atoms with Gasteiger partial charge in [0.1, 0.15) is 5.15 Å². The SMILES string of the molecule is Cc1nc(Cl)ccc1NCc1ccsc1. The first-order valence-electron chi connectivity index (χ1n) is 4.64. The highest BCUT2D eigenvalue weighted by molar-refractivity contribution is 7.07. The van der Waals surface area contributed by atoms with Crippen LogP contribution >= 0.6 is 22.9 Å². The van der Waals surface area contributed by atoms with Crippen LogP contribution < -0.4 is 5.32 Å². The maximum Gasteiger partial charge on any atom is 0.129 e. The smallest absolute Gasteiger partial charge is 0.129 e. The van der Waals surface area contributed by atoms with Crippen molar-refractivity contribution in [2.45, 2.75) is 13.5 Å². The normalized spacial score (nSPS) is 10.3. The van der Waals surface area contributed by atoms with Gasteiger partial charge in [-0.25, -0.2) is 4.98 Å². The Labute approximate surface area is 97.9 Å². The van der Waals surface area contributed by atoms with E-state index in [9.17, 15) is 0 Å². The monoisotopic (exact) mass is 238 g/mol. The van der Waals surface area contributed by atoms with E-state index in [4.69, 9.17) is 11.6 Å². The van der Waals surface area contributed by atoms with Crippen LogP contribution in [0.15, 0.2) is 29.0 Å². The largest absolute Gasteiger partial charge is 0.379 e. The molecule has 4 heteroatoms. The molecule has 0 saturated heterocycles. The van der Waals surface area contributed by atoms with Crippen molar-refractivity contribution in [3.63, 3.8) is 0 Å². The van der Waals surface area contributed by atoms with Crippen LogP contribution in [0.1, 0.15) is 11.3 Å². The van der Waals surface area contributed by atoms with Crippen molar-refractivity contribution in [2.75, 3.05) is 5.32 Å². The van der Waals surface area contributed by atoms with Crippen molar-refractivity contribution in [3.05, 3.63) is 45.4 Å². The van der Waals surface area contributed by atoms with Gasteiger partial charge in [-0.3, -0.25) is 0 Å². The van der Waals surface area contributed by atoms with Gasteiger partial charge in [0.2, 0.25) is 0 Å². The summed E-state index contributed by atoms with van der Waals surface area (Å²) in [5.74, 6) is 0. The van der Waals surface area contributed by atoms with Gasteiger partial charge < -0.3 is 5.32 Å². The molecule has 0 atom stereocenters. The van der Waals surface area contributed by atoms with Gasteiger partial charge in [0.15, 0.2) is 0 Å². The lowest BCUT2D eigenvalue weighted by Gasteiger charge is -2.07. The number of anilines is 1. The summed E-state index contributed by atoms with van der Waals surface area (Å²) in [4.78, 5) is 4.18. The number of pyridine rings is 1. The zero-order chi connectivity index (χ0) is 10.7. The minimum atomic E-state index is 0.536. The number of aryl methyl sites for hydroxylation is 1. The highest BCUT2D eigenvalue weighted by Gasteiger charge is 2.00. The molecule has 0 unspecified atom stereocenters. The molecule has 0 radical (unpaired) electrons. The zero-order valence-electron chi connectivity index (χ0n) is 8.33. The molecule has 0 aliphatic rings. The van der Waals surface area contributed by atoms with Crippen molar-refractivity contribution in [3.8, 4) is 0 Å². The second-order valence-corrected chi connectivity index (χ2v) is 4.42. The van der Waals surface area contributed by atoms with Crippen molar-refractivity contribution < 1.29 is 0 Å². The zero-order valence-corrected chi connectivity index (χ0v) is 9.90. The van der Waals surface area contributed by atoms with E-state index < -0.39 is 0 Å². The highest BCUT2D eigenvalue weighted by atomic mass is 35.5. The van der Waals surface area contributed by atoms with Crippen LogP contribution in [0.3, 0.4) is 0 Å². The lowest BCUT2D eigenvalue weighted by Crippen LogP contribution is -2.00. The van der Waals surface area contributed by atoms with Crippen molar-refractivity contribution in [1.29, 1.82) is 0 Å². The maximum atomic E-state index is 5.78. The fourth-order valence-corrected chi connectivity index (χ4v) is 2.17. The highest BCUT2D eigenvalue weighted by Crippen LogP contribution is 2.17. The second kappa shape index (κ2) is 4.64. The molecule has 1 N–H and O–H groups in total. The summed E-state index contributed by atoms with van der Waals surface area (Å²) in [5.41, 5.74) is 3.25. The van der Waals surface area contributed by atoms with Gasteiger partial charge in [-0.1, -0.05) is 11.6 Å². The molecule has 0 aliphatic carbocycles. The topological polar surface area (TPSA) is 24.9 Å². The first-order chi connectivity index (χ1) is 7.25. The van der Waals surface area contributed by atoms with Gasteiger partial charge in [-0.15, -0.1) is 0 Å². The van der Waals surface area contributed by atoms with Gasteiger partial charge >= 0.3 is 0 Å². The van der Waals surface area contributed by atoms with Crippen LogP contribution in [-0.4, -0.2) is 4.98 Å². The van der Waals surface area contributed by atoms with E-state index in [0.717, 1.165) is 17.9 Å². The molecule has 15 heavy (non-hydrogen) atoms. The molecular formula is C11H11ClN2S. The number of rotatable bonds is 3. The van der Waals surface area contributed by atoms with E-state index >= 15 is 0 Å². The van der Waals surface area contributed by atoms with Crippen molar-refractivity contribution in [1.82, 2.24) is 4.98 Å². The van der Waals surface area contributed by atoms with Crippen LogP contribution in [-0.2, 0) is 6.54 Å². The van der Waals surface area contributed by atoms with Gasteiger partial charge in [-0.2, -0.15) is 11.3 Å². The average Bonchev–Trinajstić information content (AvgIpc) is 2.69. The molecule has 2 aromatic heterocycles. The summed E-state index contributed by atoms with van der Waals surface area (Å²) < 4.78 is 0. The number of aromatic nitrogens is 1. The van der Waals surface area contributed by atoms with E-state index in [2.05, 4.69) is 27.1 Å². The summed E-state index contributed by atoms with van der Waals surface area (Å²) in [6, 6.07) is 5.86. The molecule has 0 spiro atoms. The van der Waals surface area contributed by atoms with Crippen LogP contribution in [0.25, 0.3) is 0 Å². The van der Waals surface area contributed by atoms with Gasteiger partial charge in [0.05, 0.1) is 11.4 Å². The molecule has 0 bridgehead atoms. The summed E-state index contributed by atoms with van der Waals surface area (Å²) in [6.07, 6.45) is 0. The molecule has 2 nitrogen and oxygen atoms in total. The van der Waals surface area contributed by atoms with E-state index in [1.807, 2.05) is 13.0 Å². The molecule has 0 aromatic carbocycles. The van der Waals surface area contributed by atoms with Crippen molar-refractivity contribution in [2.24, 2.45) is 0 Å². The Balaban J connectivity index is 2.05. The summed E-state index contributed by atoms with van der Waals surface area (Å²) in [7, 11) is 0. The number of thiophene rings is 1. The van der Waals surface area contributed by atoms with Crippen molar-refractivity contribution >= 4 is 28.6 Å². The van der Waals surface area contributed by atoms with E-state index in [-0.39, 0.29) is 0 Å². The van der Waals surface area contributed by atoms with Crippen LogP contribution in [0, 0.1) is 6.92 Å². The number of nitrogens with zero attached hydrogens (tertiary/aromatic N) is 1. The fraction of sp³-hybridized carbons (Fsp3) is 0.182. The Kier molecular flexibility index (Phi) is 3.23. The minimum absolute atomic E-state index is 0.536. The summed E-state index contributed by atoms with van der Waals surface area (Å²) in [6.45, 7) is 2.77. The molecule has 0 aliphatic heterocycles. The quantitative estimate of drug-likeness (QED) is 0.825. The Morgan fingerprint density at radius 3 is 2.93 bits per heavy atom. The van der Waals surface area contributed by atoms with E-state index in [0.29, 0.717) is 5.15 Å². The Morgan fingerprint density at radius 1 is 1.40 bits per heavy atom. The van der Waals surface area contributed by atoms with Gasteiger partial charge in [0.25, 0.3) is 0 Å². The van der Waals surface area contributed by atoms with E-state index in [1.54, 1.807) is 17.4 Å². The predicted octanol–water partition coefficient (Wildman–Crippen LogP) is 3.72. The molecule has 0 saturated carbocycles. The average molecular weight is 239 g/mol. The lowest BCUT2D eigenvalue weighted by molar-refractivity contribution is 1.12. The molecule has 2 aromatic rings.